The number of rotatable bonds is 10. The normalized spacial score (nSPS) is 16.0. The fourth-order valence-electron chi connectivity index (χ4n) is 4.03. The van der Waals surface area contributed by atoms with Crippen molar-refractivity contribution in [2.45, 2.75) is 38.3 Å². The number of allylic oxidation sites excluding steroid dienone is 1. The minimum Gasteiger partial charge on any atom is -0.348 e. The summed E-state index contributed by atoms with van der Waals surface area (Å²) in [5, 5.41) is 6.02. The van der Waals surface area contributed by atoms with Gasteiger partial charge in [0.25, 0.3) is 0 Å². The van der Waals surface area contributed by atoms with E-state index in [0.29, 0.717) is 25.9 Å². The zero-order chi connectivity index (χ0) is 25.0. The van der Waals surface area contributed by atoms with Crippen LogP contribution in [0.2, 0.25) is 0 Å². The molecule has 7 heteroatoms. The second-order valence-electron chi connectivity index (χ2n) is 9.09. The van der Waals surface area contributed by atoms with E-state index < -0.39 is 6.04 Å². The molecule has 2 aromatic rings. The molecule has 2 aromatic carbocycles. The number of urea groups is 1. The lowest BCUT2D eigenvalue weighted by Crippen LogP contribution is -2.56. The lowest BCUT2D eigenvalue weighted by atomic mass is 10.0. The van der Waals surface area contributed by atoms with Crippen LogP contribution in [-0.2, 0) is 22.4 Å². The zero-order valence-corrected chi connectivity index (χ0v) is 20.7. The second-order valence-corrected chi connectivity index (χ2v) is 9.09. The van der Waals surface area contributed by atoms with Crippen molar-refractivity contribution in [3.63, 3.8) is 0 Å². The number of benzene rings is 2. The molecule has 0 spiro atoms. The number of nitrogens with one attached hydrogen (secondary N) is 2. The Kier molecular flexibility index (Phi) is 10.0. The Labute approximate surface area is 208 Å². The van der Waals surface area contributed by atoms with E-state index in [0.717, 1.165) is 30.6 Å². The maximum atomic E-state index is 13.4. The Bertz CT molecular complexity index is 986. The fourth-order valence-corrected chi connectivity index (χ4v) is 4.03. The van der Waals surface area contributed by atoms with Crippen molar-refractivity contribution in [3.05, 3.63) is 83.9 Å². The maximum absolute atomic E-state index is 13.4. The van der Waals surface area contributed by atoms with E-state index >= 15 is 0 Å². The largest absolute Gasteiger partial charge is 0.348 e. The molecule has 0 aliphatic carbocycles. The molecule has 7 nitrogen and oxygen atoms in total. The number of hydrogen-bond donors (Lipinski definition) is 2. The summed E-state index contributed by atoms with van der Waals surface area (Å²) in [5.41, 5.74) is 2.12. The molecule has 0 bridgehead atoms. The van der Waals surface area contributed by atoms with Gasteiger partial charge in [-0.2, -0.15) is 0 Å². The number of aryl methyl sites for hydroxylation is 1. The van der Waals surface area contributed by atoms with E-state index in [1.807, 2.05) is 67.7 Å². The highest BCUT2D eigenvalue weighted by molar-refractivity contribution is 5.89. The zero-order valence-electron chi connectivity index (χ0n) is 20.7. The van der Waals surface area contributed by atoms with Gasteiger partial charge in [-0.3, -0.25) is 9.59 Å². The number of nitrogens with zero attached hydrogens (tertiary/aromatic N) is 2. The molecule has 0 unspecified atom stereocenters. The van der Waals surface area contributed by atoms with Crippen molar-refractivity contribution in [1.29, 1.82) is 0 Å². The van der Waals surface area contributed by atoms with Crippen LogP contribution in [0.1, 0.15) is 24.5 Å². The van der Waals surface area contributed by atoms with Crippen molar-refractivity contribution >= 4 is 17.7 Å². The molecule has 0 saturated carbocycles. The van der Waals surface area contributed by atoms with Gasteiger partial charge in [-0.15, -0.1) is 0 Å². The SMILES string of the molecule is CC(=O)/C=C/[C@H](CCc1ccccc1)NC(=O)[C@H](Cc1ccccc1)NC(=O)N1CCN(C)CC1. The Morgan fingerprint density at radius 1 is 0.886 bits per heavy atom. The summed E-state index contributed by atoms with van der Waals surface area (Å²) in [6.45, 7) is 4.36. The van der Waals surface area contributed by atoms with Crippen molar-refractivity contribution < 1.29 is 14.4 Å². The smallest absolute Gasteiger partial charge is 0.318 e. The van der Waals surface area contributed by atoms with Crippen molar-refractivity contribution in [1.82, 2.24) is 20.4 Å². The number of amides is 3. The van der Waals surface area contributed by atoms with Gasteiger partial charge in [0.2, 0.25) is 5.91 Å². The average Bonchev–Trinajstić information content (AvgIpc) is 2.86. The lowest BCUT2D eigenvalue weighted by Gasteiger charge is -2.33. The quantitative estimate of drug-likeness (QED) is 0.517. The van der Waals surface area contributed by atoms with E-state index in [1.54, 1.807) is 11.0 Å². The van der Waals surface area contributed by atoms with Gasteiger partial charge in [0.1, 0.15) is 6.04 Å². The van der Waals surface area contributed by atoms with Gasteiger partial charge < -0.3 is 20.4 Å². The average molecular weight is 477 g/mol. The third-order valence-corrected chi connectivity index (χ3v) is 6.17. The molecule has 2 atom stereocenters. The predicted molar refractivity (Wildman–Crippen MR) is 138 cm³/mol. The van der Waals surface area contributed by atoms with Crippen molar-refractivity contribution in [2.24, 2.45) is 0 Å². The summed E-state index contributed by atoms with van der Waals surface area (Å²) in [6.07, 6.45) is 5.01. The van der Waals surface area contributed by atoms with Crippen LogP contribution in [0, 0.1) is 0 Å². The molecule has 3 amide bonds. The van der Waals surface area contributed by atoms with Crippen LogP contribution >= 0.6 is 0 Å². The summed E-state index contributed by atoms with van der Waals surface area (Å²) < 4.78 is 0. The van der Waals surface area contributed by atoms with Gasteiger partial charge >= 0.3 is 6.03 Å². The summed E-state index contributed by atoms with van der Waals surface area (Å²) in [5.74, 6) is -0.337. The highest BCUT2D eigenvalue weighted by Crippen LogP contribution is 2.09. The molecule has 0 aromatic heterocycles. The van der Waals surface area contributed by atoms with Crippen molar-refractivity contribution in [2.75, 3.05) is 33.2 Å². The molecular weight excluding hydrogens is 440 g/mol. The monoisotopic (exact) mass is 476 g/mol. The van der Waals surface area contributed by atoms with E-state index in [2.05, 4.69) is 15.5 Å². The minimum atomic E-state index is -0.727. The molecule has 3 rings (SSSR count). The molecule has 35 heavy (non-hydrogen) atoms. The standard InChI is InChI=1S/C28H36N4O3/c1-22(33)13-15-25(16-14-23-9-5-3-6-10-23)29-27(34)26(21-24-11-7-4-8-12-24)30-28(35)32-19-17-31(2)18-20-32/h3-13,15,25-26H,14,16-21H2,1-2H3,(H,29,34)(H,30,35)/b15-13+/t25-,26+/m1/s1. The van der Waals surface area contributed by atoms with Crippen LogP contribution < -0.4 is 10.6 Å². The Hall–Kier alpha value is -3.45. The van der Waals surface area contributed by atoms with E-state index in [-0.39, 0.29) is 23.8 Å². The van der Waals surface area contributed by atoms with Gasteiger partial charge in [0.15, 0.2) is 5.78 Å². The number of carbonyl (C=O) groups is 3. The molecule has 1 saturated heterocycles. The number of hydrogen-bond acceptors (Lipinski definition) is 4. The third kappa shape index (κ3) is 9.02. The molecule has 1 aliphatic rings. The van der Waals surface area contributed by atoms with E-state index in [4.69, 9.17) is 0 Å². The van der Waals surface area contributed by atoms with Crippen LogP contribution in [0.4, 0.5) is 4.79 Å². The third-order valence-electron chi connectivity index (χ3n) is 6.17. The fraction of sp³-hybridized carbons (Fsp3) is 0.393. The first-order valence-corrected chi connectivity index (χ1v) is 12.2. The molecule has 0 radical (unpaired) electrons. The van der Waals surface area contributed by atoms with Gasteiger partial charge in [-0.1, -0.05) is 66.7 Å². The molecule has 1 heterocycles. The molecule has 1 aliphatic heterocycles. The summed E-state index contributed by atoms with van der Waals surface area (Å²) in [4.78, 5) is 41.9. The number of likely N-dealkylation sites (N-methyl/N-ethyl adjacent to an activating group) is 1. The first-order chi connectivity index (χ1) is 16.9. The van der Waals surface area contributed by atoms with E-state index in [9.17, 15) is 14.4 Å². The predicted octanol–water partition coefficient (Wildman–Crippen LogP) is 2.82. The number of ketones is 1. The lowest BCUT2D eigenvalue weighted by molar-refractivity contribution is -0.123. The number of piperazine rings is 1. The van der Waals surface area contributed by atoms with Gasteiger partial charge in [0, 0.05) is 38.6 Å². The Balaban J connectivity index is 1.71. The molecule has 186 valence electrons. The topological polar surface area (TPSA) is 81.8 Å². The van der Waals surface area contributed by atoms with Crippen LogP contribution in [0.25, 0.3) is 0 Å². The summed E-state index contributed by atoms with van der Waals surface area (Å²) >= 11 is 0. The van der Waals surface area contributed by atoms with Crippen LogP contribution in [0.15, 0.2) is 72.8 Å². The van der Waals surface area contributed by atoms with Gasteiger partial charge in [0.05, 0.1) is 0 Å². The van der Waals surface area contributed by atoms with E-state index in [1.165, 1.54) is 13.0 Å². The highest BCUT2D eigenvalue weighted by atomic mass is 16.2. The van der Waals surface area contributed by atoms with Crippen molar-refractivity contribution in [3.8, 4) is 0 Å². The van der Waals surface area contributed by atoms with Crippen LogP contribution in [0.3, 0.4) is 0 Å². The minimum absolute atomic E-state index is 0.0758. The second kappa shape index (κ2) is 13.4. The maximum Gasteiger partial charge on any atom is 0.318 e. The van der Waals surface area contributed by atoms with Gasteiger partial charge in [-0.25, -0.2) is 4.79 Å². The first-order valence-electron chi connectivity index (χ1n) is 12.2. The Morgan fingerprint density at radius 2 is 1.49 bits per heavy atom. The summed E-state index contributed by atoms with van der Waals surface area (Å²) in [7, 11) is 2.03. The highest BCUT2D eigenvalue weighted by Gasteiger charge is 2.26. The Morgan fingerprint density at radius 3 is 2.09 bits per heavy atom. The first kappa shape index (κ1) is 26.2. The van der Waals surface area contributed by atoms with Crippen LogP contribution in [-0.4, -0.2) is 72.8 Å². The number of carbonyl (C=O) groups excluding carboxylic acids is 3. The molecule has 2 N–H and O–H groups in total. The van der Waals surface area contributed by atoms with Gasteiger partial charge in [-0.05, 0) is 44.0 Å². The molecular formula is C28H36N4O3. The van der Waals surface area contributed by atoms with Crippen LogP contribution in [0.5, 0.6) is 0 Å². The summed E-state index contributed by atoms with van der Waals surface area (Å²) in [6, 6.07) is 18.4. The molecule has 1 fully saturated rings.